The average Bonchev–Trinajstić information content (AvgIpc) is 2.31. The van der Waals surface area contributed by atoms with Crippen molar-refractivity contribution < 1.29 is 4.74 Å². The zero-order valence-corrected chi connectivity index (χ0v) is 12.9. The van der Waals surface area contributed by atoms with Gasteiger partial charge in [-0.25, -0.2) is 4.98 Å². The minimum absolute atomic E-state index is 0.563. The van der Waals surface area contributed by atoms with Gasteiger partial charge in [0.2, 0.25) is 5.88 Å². The van der Waals surface area contributed by atoms with E-state index >= 15 is 0 Å². The lowest BCUT2D eigenvalue weighted by molar-refractivity contribution is 0.455. The van der Waals surface area contributed by atoms with E-state index in [0.29, 0.717) is 5.88 Å². The smallest absolute Gasteiger partial charge is 0.223 e. The van der Waals surface area contributed by atoms with E-state index in [4.69, 9.17) is 4.74 Å². The Balaban J connectivity index is 2.30. The third-order valence-corrected chi connectivity index (χ3v) is 3.38. The Morgan fingerprint density at radius 2 is 2.06 bits per heavy atom. The van der Waals surface area contributed by atoms with Crippen LogP contribution in [0.5, 0.6) is 11.6 Å². The standard InChI is InChI=1S/C12H10BrIN2O/c1-2-11-15-10(13)7-12(16-11)17-9-6-4-3-5-8(9)14/h3-7H,2H2,1H3. The van der Waals surface area contributed by atoms with Gasteiger partial charge in [-0.05, 0) is 50.7 Å². The molecule has 0 spiro atoms. The van der Waals surface area contributed by atoms with E-state index in [1.165, 1.54) is 0 Å². The topological polar surface area (TPSA) is 35.0 Å². The van der Waals surface area contributed by atoms with E-state index in [1.807, 2.05) is 31.2 Å². The van der Waals surface area contributed by atoms with Crippen molar-refractivity contribution in [2.45, 2.75) is 13.3 Å². The monoisotopic (exact) mass is 404 g/mol. The van der Waals surface area contributed by atoms with Crippen LogP contribution in [0.15, 0.2) is 34.9 Å². The fourth-order valence-electron chi connectivity index (χ4n) is 1.29. The number of ether oxygens (including phenoxy) is 1. The van der Waals surface area contributed by atoms with Crippen LogP contribution >= 0.6 is 38.5 Å². The number of nitrogens with zero attached hydrogens (tertiary/aromatic N) is 2. The number of halogens is 2. The Labute approximate surface area is 122 Å². The molecule has 88 valence electrons. The summed E-state index contributed by atoms with van der Waals surface area (Å²) >= 11 is 5.59. The molecule has 0 aliphatic rings. The van der Waals surface area contributed by atoms with E-state index in [-0.39, 0.29) is 0 Å². The lowest BCUT2D eigenvalue weighted by atomic mass is 10.3. The van der Waals surface area contributed by atoms with Gasteiger partial charge in [0.15, 0.2) is 0 Å². The molecule has 0 unspecified atom stereocenters. The summed E-state index contributed by atoms with van der Waals surface area (Å²) in [6, 6.07) is 9.59. The van der Waals surface area contributed by atoms with Crippen molar-refractivity contribution in [1.29, 1.82) is 0 Å². The molecule has 0 atom stereocenters. The van der Waals surface area contributed by atoms with Gasteiger partial charge in [-0.15, -0.1) is 0 Å². The first-order valence-corrected chi connectivity index (χ1v) is 7.02. The van der Waals surface area contributed by atoms with E-state index in [2.05, 4.69) is 48.5 Å². The number of hydrogen-bond acceptors (Lipinski definition) is 3. The Morgan fingerprint density at radius 3 is 2.76 bits per heavy atom. The fraction of sp³-hybridized carbons (Fsp3) is 0.167. The highest BCUT2D eigenvalue weighted by molar-refractivity contribution is 14.1. The predicted molar refractivity (Wildman–Crippen MR) is 78.3 cm³/mol. The van der Waals surface area contributed by atoms with Crippen molar-refractivity contribution in [2.24, 2.45) is 0 Å². The van der Waals surface area contributed by atoms with Crippen LogP contribution in [0.25, 0.3) is 0 Å². The maximum absolute atomic E-state index is 5.74. The summed E-state index contributed by atoms with van der Waals surface area (Å²) in [5.41, 5.74) is 0. The van der Waals surface area contributed by atoms with Crippen molar-refractivity contribution in [2.75, 3.05) is 0 Å². The van der Waals surface area contributed by atoms with Crippen LogP contribution in [-0.4, -0.2) is 9.97 Å². The molecule has 0 radical (unpaired) electrons. The summed E-state index contributed by atoms with van der Waals surface area (Å²) < 4.78 is 7.54. The van der Waals surface area contributed by atoms with Crippen LogP contribution in [0.4, 0.5) is 0 Å². The average molecular weight is 405 g/mol. The van der Waals surface area contributed by atoms with Crippen molar-refractivity contribution in [1.82, 2.24) is 9.97 Å². The predicted octanol–water partition coefficient (Wildman–Crippen LogP) is 4.20. The van der Waals surface area contributed by atoms with E-state index < -0.39 is 0 Å². The SMILES string of the molecule is CCc1nc(Br)cc(Oc2ccccc2I)n1. The second-order valence-electron chi connectivity index (χ2n) is 3.33. The van der Waals surface area contributed by atoms with E-state index in [1.54, 1.807) is 6.07 Å². The zero-order chi connectivity index (χ0) is 12.3. The van der Waals surface area contributed by atoms with Crippen LogP contribution in [0.2, 0.25) is 0 Å². The maximum Gasteiger partial charge on any atom is 0.223 e. The highest BCUT2D eigenvalue weighted by Crippen LogP contribution is 2.26. The first-order valence-electron chi connectivity index (χ1n) is 5.15. The molecule has 0 amide bonds. The number of benzene rings is 1. The molecule has 17 heavy (non-hydrogen) atoms. The second-order valence-corrected chi connectivity index (χ2v) is 5.31. The number of aromatic nitrogens is 2. The lowest BCUT2D eigenvalue weighted by Gasteiger charge is -2.07. The van der Waals surface area contributed by atoms with Crippen molar-refractivity contribution in [3.05, 3.63) is 44.3 Å². The largest absolute Gasteiger partial charge is 0.438 e. The molecule has 3 nitrogen and oxygen atoms in total. The van der Waals surface area contributed by atoms with Crippen molar-refractivity contribution in [3.8, 4) is 11.6 Å². The molecule has 2 aromatic rings. The van der Waals surface area contributed by atoms with Crippen molar-refractivity contribution in [3.63, 3.8) is 0 Å². The summed E-state index contributed by atoms with van der Waals surface area (Å²) in [5.74, 6) is 2.13. The van der Waals surface area contributed by atoms with Crippen LogP contribution in [0, 0.1) is 3.57 Å². The van der Waals surface area contributed by atoms with Crippen LogP contribution < -0.4 is 4.74 Å². The van der Waals surface area contributed by atoms with Crippen LogP contribution in [0.3, 0.4) is 0 Å². The lowest BCUT2D eigenvalue weighted by Crippen LogP contribution is -1.97. The minimum atomic E-state index is 0.563. The highest BCUT2D eigenvalue weighted by atomic mass is 127. The van der Waals surface area contributed by atoms with E-state index in [9.17, 15) is 0 Å². The van der Waals surface area contributed by atoms with E-state index in [0.717, 1.165) is 26.2 Å². The highest BCUT2D eigenvalue weighted by Gasteiger charge is 2.06. The summed E-state index contributed by atoms with van der Waals surface area (Å²) in [6.45, 7) is 2.01. The molecule has 1 aromatic carbocycles. The minimum Gasteiger partial charge on any atom is -0.438 e. The van der Waals surface area contributed by atoms with Gasteiger partial charge in [0, 0.05) is 12.5 Å². The number of aryl methyl sites for hydroxylation is 1. The summed E-state index contributed by atoms with van der Waals surface area (Å²) in [5, 5.41) is 0. The van der Waals surface area contributed by atoms with Gasteiger partial charge < -0.3 is 4.74 Å². The molecular formula is C12H10BrIN2O. The summed E-state index contributed by atoms with van der Waals surface area (Å²) in [6.07, 6.45) is 0.779. The Morgan fingerprint density at radius 1 is 1.29 bits per heavy atom. The molecule has 0 saturated carbocycles. The quantitative estimate of drug-likeness (QED) is 0.568. The van der Waals surface area contributed by atoms with Gasteiger partial charge in [-0.3, -0.25) is 0 Å². The number of para-hydroxylation sites is 1. The zero-order valence-electron chi connectivity index (χ0n) is 9.15. The first-order chi connectivity index (χ1) is 8.19. The molecule has 0 N–H and O–H groups in total. The third-order valence-electron chi connectivity index (χ3n) is 2.09. The molecule has 0 saturated heterocycles. The molecule has 0 bridgehead atoms. The number of hydrogen-bond donors (Lipinski definition) is 0. The maximum atomic E-state index is 5.74. The molecule has 0 aliphatic carbocycles. The third kappa shape index (κ3) is 3.38. The van der Waals surface area contributed by atoms with Crippen LogP contribution in [0.1, 0.15) is 12.7 Å². The fourth-order valence-corrected chi connectivity index (χ4v) is 2.19. The van der Waals surface area contributed by atoms with Gasteiger partial charge in [0.05, 0.1) is 3.57 Å². The van der Waals surface area contributed by atoms with Gasteiger partial charge in [0.25, 0.3) is 0 Å². The number of rotatable bonds is 3. The molecule has 0 fully saturated rings. The Kier molecular flexibility index (Phi) is 4.33. The Hall–Kier alpha value is -0.690. The summed E-state index contributed by atoms with van der Waals surface area (Å²) in [4.78, 5) is 8.56. The Bertz CT molecular complexity index is 534. The van der Waals surface area contributed by atoms with Gasteiger partial charge in [-0.2, -0.15) is 4.98 Å². The molecular weight excluding hydrogens is 395 g/mol. The molecule has 1 aromatic heterocycles. The van der Waals surface area contributed by atoms with Gasteiger partial charge in [0.1, 0.15) is 16.2 Å². The first kappa shape index (κ1) is 12.8. The van der Waals surface area contributed by atoms with Gasteiger partial charge in [-0.1, -0.05) is 19.1 Å². The molecule has 1 heterocycles. The normalized spacial score (nSPS) is 10.3. The molecule has 2 rings (SSSR count). The van der Waals surface area contributed by atoms with Gasteiger partial charge >= 0.3 is 0 Å². The van der Waals surface area contributed by atoms with Crippen molar-refractivity contribution >= 4 is 38.5 Å². The molecule has 0 aliphatic heterocycles. The summed E-state index contributed by atoms with van der Waals surface area (Å²) in [7, 11) is 0. The van der Waals surface area contributed by atoms with Crippen LogP contribution in [-0.2, 0) is 6.42 Å². The molecule has 5 heteroatoms. The second kappa shape index (κ2) is 5.77.